The Morgan fingerprint density at radius 1 is 1.33 bits per heavy atom. The molecule has 1 saturated carbocycles. The third kappa shape index (κ3) is 4.97. The van der Waals surface area contributed by atoms with Crippen molar-refractivity contribution in [1.29, 1.82) is 0 Å². The molecule has 0 atom stereocenters. The Kier molecular flexibility index (Phi) is 5.50. The zero-order valence-electron chi connectivity index (χ0n) is 12.0. The fraction of sp³-hybridized carbons (Fsp3) is 0.467. The average molecular weight is 308 g/mol. The van der Waals surface area contributed by atoms with Gasteiger partial charge in [0.1, 0.15) is 6.54 Å². The molecule has 1 fully saturated rings. The molecule has 0 radical (unpaired) electrons. The Labute approximate surface area is 128 Å². The topological polar surface area (TPSA) is 69.6 Å². The number of aliphatic carboxylic acids is 1. The first-order valence-corrected chi connectivity index (χ1v) is 8.37. The van der Waals surface area contributed by atoms with Crippen molar-refractivity contribution in [2.24, 2.45) is 0 Å². The van der Waals surface area contributed by atoms with Crippen molar-refractivity contribution in [3.63, 3.8) is 0 Å². The van der Waals surface area contributed by atoms with Crippen LogP contribution in [0.1, 0.15) is 18.4 Å². The van der Waals surface area contributed by atoms with Gasteiger partial charge in [0.2, 0.25) is 0 Å². The number of carboxylic acid groups (broad SMARTS) is 1. The van der Waals surface area contributed by atoms with Crippen LogP contribution in [0, 0.1) is 0 Å². The number of carbonyl (C=O) groups is 2. The molecule has 0 aromatic heterocycles. The van der Waals surface area contributed by atoms with Gasteiger partial charge in [-0.15, -0.1) is 0 Å². The largest absolute Gasteiger partial charge is 0.480 e. The molecule has 1 aliphatic rings. The van der Waals surface area contributed by atoms with E-state index in [-0.39, 0.29) is 18.6 Å². The van der Waals surface area contributed by atoms with Crippen LogP contribution in [-0.4, -0.2) is 46.6 Å². The first-order valence-electron chi connectivity index (χ1n) is 6.97. The Bertz CT molecular complexity index is 500. The van der Waals surface area contributed by atoms with Crippen LogP contribution in [0.15, 0.2) is 24.3 Å². The number of benzene rings is 1. The van der Waals surface area contributed by atoms with E-state index in [1.165, 1.54) is 10.5 Å². The van der Waals surface area contributed by atoms with Crippen molar-refractivity contribution in [2.45, 2.75) is 25.3 Å². The Balaban J connectivity index is 1.92. The van der Waals surface area contributed by atoms with Crippen LogP contribution in [-0.2, 0) is 11.2 Å². The second-order valence-electron chi connectivity index (χ2n) is 5.12. The minimum Gasteiger partial charge on any atom is -0.480 e. The minimum absolute atomic E-state index is 0.0713. The molecule has 2 N–H and O–H groups in total. The summed E-state index contributed by atoms with van der Waals surface area (Å²) in [5, 5.41) is 11.6. The average Bonchev–Trinajstić information content (AvgIpc) is 3.28. The maximum atomic E-state index is 12.1. The molecule has 0 saturated heterocycles. The van der Waals surface area contributed by atoms with E-state index in [2.05, 4.69) is 11.6 Å². The number of carboxylic acids is 1. The van der Waals surface area contributed by atoms with E-state index in [9.17, 15) is 9.59 Å². The predicted octanol–water partition coefficient (Wildman–Crippen LogP) is 2.67. The third-order valence-corrected chi connectivity index (χ3v) is 3.97. The molecule has 2 rings (SSSR count). The number of aryl methyl sites for hydroxylation is 1. The van der Waals surface area contributed by atoms with E-state index in [1.54, 1.807) is 11.8 Å². The molecule has 2 amide bonds. The van der Waals surface area contributed by atoms with E-state index in [4.69, 9.17) is 5.11 Å². The molecule has 1 aromatic rings. The fourth-order valence-corrected chi connectivity index (χ4v) is 2.51. The molecule has 0 heterocycles. The van der Waals surface area contributed by atoms with Crippen LogP contribution in [0.3, 0.4) is 0 Å². The van der Waals surface area contributed by atoms with Crippen LogP contribution < -0.4 is 5.32 Å². The van der Waals surface area contributed by atoms with Gasteiger partial charge in [-0.1, -0.05) is 12.1 Å². The number of nitrogens with one attached hydrogen (secondary N) is 1. The molecule has 0 bridgehead atoms. The van der Waals surface area contributed by atoms with Gasteiger partial charge < -0.3 is 15.3 Å². The van der Waals surface area contributed by atoms with Crippen molar-refractivity contribution in [3.8, 4) is 0 Å². The highest BCUT2D eigenvalue weighted by molar-refractivity contribution is 7.98. The highest BCUT2D eigenvalue weighted by Gasteiger charge is 2.33. The van der Waals surface area contributed by atoms with E-state index in [0.717, 1.165) is 25.0 Å². The number of amides is 2. The second kappa shape index (κ2) is 7.36. The quantitative estimate of drug-likeness (QED) is 0.812. The summed E-state index contributed by atoms with van der Waals surface area (Å²) in [5.41, 5.74) is 1.93. The number of nitrogens with zero attached hydrogens (tertiary/aromatic N) is 1. The summed E-state index contributed by atoms with van der Waals surface area (Å²) >= 11 is 1.80. The maximum Gasteiger partial charge on any atom is 0.323 e. The van der Waals surface area contributed by atoms with Gasteiger partial charge in [-0.2, -0.15) is 11.8 Å². The van der Waals surface area contributed by atoms with Crippen molar-refractivity contribution in [2.75, 3.05) is 23.9 Å². The first kappa shape index (κ1) is 15.7. The zero-order valence-corrected chi connectivity index (χ0v) is 12.9. The molecule has 0 aliphatic heterocycles. The molecule has 1 aromatic carbocycles. The van der Waals surface area contributed by atoms with E-state index >= 15 is 0 Å². The molecular formula is C15H20N2O3S. The molecule has 0 unspecified atom stereocenters. The summed E-state index contributed by atoms with van der Waals surface area (Å²) in [6.07, 6.45) is 4.84. The van der Waals surface area contributed by atoms with Crippen LogP contribution in [0.5, 0.6) is 0 Å². The lowest BCUT2D eigenvalue weighted by Crippen LogP contribution is -2.40. The number of carbonyl (C=O) groups excluding carboxylic acids is 1. The van der Waals surface area contributed by atoms with Gasteiger partial charge in [-0.05, 0) is 49.0 Å². The zero-order chi connectivity index (χ0) is 15.2. The van der Waals surface area contributed by atoms with E-state index in [0.29, 0.717) is 5.69 Å². The maximum absolute atomic E-state index is 12.1. The molecule has 0 spiro atoms. The fourth-order valence-electron chi connectivity index (χ4n) is 2.07. The van der Waals surface area contributed by atoms with Gasteiger partial charge in [0.15, 0.2) is 0 Å². The molecular weight excluding hydrogens is 288 g/mol. The summed E-state index contributed by atoms with van der Waals surface area (Å²) < 4.78 is 0. The number of hydrogen-bond donors (Lipinski definition) is 2. The highest BCUT2D eigenvalue weighted by Crippen LogP contribution is 2.27. The van der Waals surface area contributed by atoms with Gasteiger partial charge in [-0.25, -0.2) is 4.79 Å². The number of urea groups is 1. The summed E-state index contributed by atoms with van der Waals surface area (Å²) in [6.45, 7) is -0.248. The van der Waals surface area contributed by atoms with Crippen LogP contribution >= 0.6 is 11.8 Å². The van der Waals surface area contributed by atoms with E-state index < -0.39 is 5.97 Å². The predicted molar refractivity (Wildman–Crippen MR) is 84.9 cm³/mol. The third-order valence-electron chi connectivity index (χ3n) is 3.35. The summed E-state index contributed by atoms with van der Waals surface area (Å²) in [7, 11) is 0. The minimum atomic E-state index is -0.982. The van der Waals surface area contributed by atoms with E-state index in [1.807, 2.05) is 24.3 Å². The van der Waals surface area contributed by atoms with Gasteiger partial charge >= 0.3 is 12.0 Å². The lowest BCUT2D eigenvalue weighted by atomic mass is 10.1. The molecule has 6 heteroatoms. The second-order valence-corrected chi connectivity index (χ2v) is 6.11. The Morgan fingerprint density at radius 2 is 2.00 bits per heavy atom. The SMILES string of the molecule is CSCCc1ccc(NC(=O)N(CC(=O)O)C2CC2)cc1. The number of thioether (sulfide) groups is 1. The van der Waals surface area contributed by atoms with Crippen LogP contribution in [0.2, 0.25) is 0 Å². The number of anilines is 1. The van der Waals surface area contributed by atoms with Gasteiger partial charge in [-0.3, -0.25) is 4.79 Å². The lowest BCUT2D eigenvalue weighted by molar-refractivity contribution is -0.137. The van der Waals surface area contributed by atoms with Crippen molar-refractivity contribution in [3.05, 3.63) is 29.8 Å². The lowest BCUT2D eigenvalue weighted by Gasteiger charge is -2.20. The standard InChI is InChI=1S/C15H20N2O3S/c1-21-9-8-11-2-4-12(5-3-11)16-15(20)17(10-14(18)19)13-6-7-13/h2-5,13H,6-10H2,1H3,(H,16,20)(H,18,19). The Morgan fingerprint density at radius 3 is 2.52 bits per heavy atom. The monoisotopic (exact) mass is 308 g/mol. The molecule has 114 valence electrons. The molecule has 1 aliphatic carbocycles. The molecule has 5 nitrogen and oxygen atoms in total. The van der Waals surface area contributed by atoms with Crippen LogP contribution in [0.25, 0.3) is 0 Å². The summed E-state index contributed by atoms with van der Waals surface area (Å²) in [5.74, 6) is 0.0872. The van der Waals surface area contributed by atoms with Gasteiger partial charge in [0.05, 0.1) is 0 Å². The number of hydrogen-bond acceptors (Lipinski definition) is 3. The highest BCUT2D eigenvalue weighted by atomic mass is 32.2. The van der Waals surface area contributed by atoms with Crippen molar-refractivity contribution < 1.29 is 14.7 Å². The van der Waals surface area contributed by atoms with Gasteiger partial charge in [0, 0.05) is 11.7 Å². The first-order chi connectivity index (χ1) is 10.1. The Hall–Kier alpha value is -1.69. The van der Waals surface area contributed by atoms with Crippen molar-refractivity contribution in [1.82, 2.24) is 4.90 Å². The van der Waals surface area contributed by atoms with Gasteiger partial charge in [0.25, 0.3) is 0 Å². The normalized spacial score (nSPS) is 13.8. The summed E-state index contributed by atoms with van der Waals surface area (Å²) in [4.78, 5) is 24.3. The van der Waals surface area contributed by atoms with Crippen LogP contribution in [0.4, 0.5) is 10.5 Å². The molecule has 21 heavy (non-hydrogen) atoms. The smallest absolute Gasteiger partial charge is 0.323 e. The van der Waals surface area contributed by atoms with Crippen molar-refractivity contribution >= 4 is 29.4 Å². The number of rotatable bonds is 7. The summed E-state index contributed by atoms with van der Waals surface area (Å²) in [6, 6.07) is 7.44.